The summed E-state index contributed by atoms with van der Waals surface area (Å²) in [6, 6.07) is 3.02. The van der Waals surface area contributed by atoms with E-state index in [1.165, 1.54) is 17.0 Å². The van der Waals surface area contributed by atoms with Crippen LogP contribution in [0.2, 0.25) is 0 Å². The van der Waals surface area contributed by atoms with Crippen LogP contribution < -0.4 is 9.47 Å². The van der Waals surface area contributed by atoms with E-state index in [2.05, 4.69) is 15.3 Å². The van der Waals surface area contributed by atoms with Gasteiger partial charge in [0.15, 0.2) is 11.6 Å². The zero-order valence-electron chi connectivity index (χ0n) is 15.6. The third-order valence-electron chi connectivity index (χ3n) is 4.06. The van der Waals surface area contributed by atoms with Gasteiger partial charge in [0.2, 0.25) is 10.5 Å². The lowest BCUT2D eigenvalue weighted by Crippen LogP contribution is -2.06. The molecule has 0 spiro atoms. The van der Waals surface area contributed by atoms with Crippen molar-refractivity contribution in [3.63, 3.8) is 0 Å². The maximum Gasteiger partial charge on any atom is 0.315 e. The van der Waals surface area contributed by atoms with Crippen LogP contribution in [-0.2, 0) is 4.74 Å². The van der Waals surface area contributed by atoms with Crippen LogP contribution in [0.5, 0.6) is 11.5 Å². The predicted octanol–water partition coefficient (Wildman–Crippen LogP) is 3.38. The van der Waals surface area contributed by atoms with Crippen molar-refractivity contribution in [2.75, 3.05) is 19.8 Å². The molecule has 1 fully saturated rings. The van der Waals surface area contributed by atoms with Crippen molar-refractivity contribution in [3.8, 4) is 11.5 Å². The van der Waals surface area contributed by atoms with Gasteiger partial charge in [-0.25, -0.2) is 0 Å². The normalized spacial score (nSPS) is 16.6. The number of aromatic nitrogens is 3. The van der Waals surface area contributed by atoms with E-state index in [4.69, 9.17) is 26.4 Å². The molecule has 1 atom stereocenters. The molecule has 1 saturated heterocycles. The van der Waals surface area contributed by atoms with Gasteiger partial charge in [0.05, 0.1) is 24.4 Å². The molecule has 10 nitrogen and oxygen atoms in total. The van der Waals surface area contributed by atoms with E-state index in [0.29, 0.717) is 29.4 Å². The Labute approximate surface area is 166 Å². The highest BCUT2D eigenvalue weighted by molar-refractivity contribution is 7.71. The summed E-state index contributed by atoms with van der Waals surface area (Å²) in [5.41, 5.74) is 0.282. The standard InChI is InChI=1S/C17H21N5O5S/c1-3-25-14-9-11(8-12(22(23)24)15(14)26-4-2)10-18-21-16(19-20-17(21)28)13-6-5-7-27-13/h8-10,13H,3-7H2,1-2H3,(H,20,28)/b18-10-. The fourth-order valence-electron chi connectivity index (χ4n) is 2.90. The summed E-state index contributed by atoms with van der Waals surface area (Å²) in [6.45, 7) is 4.83. The van der Waals surface area contributed by atoms with Crippen LogP contribution in [0.3, 0.4) is 0 Å². The average molecular weight is 407 g/mol. The Morgan fingerprint density at radius 2 is 2.25 bits per heavy atom. The molecule has 2 aromatic rings. The molecule has 2 heterocycles. The minimum atomic E-state index is -0.508. The van der Waals surface area contributed by atoms with Gasteiger partial charge in [0.1, 0.15) is 6.10 Å². The molecule has 0 bridgehead atoms. The molecule has 1 aromatic heterocycles. The molecule has 1 aromatic carbocycles. The smallest absolute Gasteiger partial charge is 0.315 e. The molecular formula is C17H21N5O5S. The topological polar surface area (TPSA) is 117 Å². The van der Waals surface area contributed by atoms with Crippen LogP contribution in [0.25, 0.3) is 0 Å². The van der Waals surface area contributed by atoms with E-state index in [0.717, 1.165) is 12.8 Å². The Balaban J connectivity index is 1.99. The fraction of sp³-hybridized carbons (Fsp3) is 0.471. The first-order valence-electron chi connectivity index (χ1n) is 8.96. The summed E-state index contributed by atoms with van der Waals surface area (Å²) in [6.07, 6.45) is 3.06. The third-order valence-corrected chi connectivity index (χ3v) is 4.32. The first-order chi connectivity index (χ1) is 13.5. The summed E-state index contributed by atoms with van der Waals surface area (Å²) in [4.78, 5) is 11.0. The first kappa shape index (κ1) is 20.0. The van der Waals surface area contributed by atoms with Crippen molar-refractivity contribution >= 4 is 24.1 Å². The number of hydrogen-bond acceptors (Lipinski definition) is 8. The minimum Gasteiger partial charge on any atom is -0.490 e. The molecule has 0 saturated carbocycles. The lowest BCUT2D eigenvalue weighted by molar-refractivity contribution is -0.385. The van der Waals surface area contributed by atoms with E-state index >= 15 is 0 Å². The van der Waals surface area contributed by atoms with Gasteiger partial charge in [-0.15, -0.1) is 0 Å². The zero-order valence-corrected chi connectivity index (χ0v) is 16.4. The molecule has 0 aliphatic carbocycles. The van der Waals surface area contributed by atoms with E-state index < -0.39 is 4.92 Å². The lowest BCUT2D eigenvalue weighted by atomic mass is 10.2. The van der Waals surface area contributed by atoms with Crippen molar-refractivity contribution < 1.29 is 19.1 Å². The van der Waals surface area contributed by atoms with Crippen molar-refractivity contribution in [1.82, 2.24) is 14.9 Å². The van der Waals surface area contributed by atoms with Gasteiger partial charge < -0.3 is 14.2 Å². The third kappa shape index (κ3) is 4.20. The summed E-state index contributed by atoms with van der Waals surface area (Å²) in [5.74, 6) is 0.964. The number of nitrogens with zero attached hydrogens (tertiary/aromatic N) is 4. The quantitative estimate of drug-likeness (QED) is 0.308. The highest BCUT2D eigenvalue weighted by atomic mass is 32.1. The number of aromatic amines is 1. The molecule has 11 heteroatoms. The Bertz CT molecular complexity index is 933. The van der Waals surface area contributed by atoms with Crippen molar-refractivity contribution in [2.45, 2.75) is 32.8 Å². The molecule has 1 N–H and O–H groups in total. The number of benzene rings is 1. The van der Waals surface area contributed by atoms with Crippen molar-refractivity contribution in [2.24, 2.45) is 5.10 Å². The number of nitro benzene ring substituents is 1. The Morgan fingerprint density at radius 3 is 2.89 bits per heavy atom. The van der Waals surface area contributed by atoms with E-state index in [1.54, 1.807) is 19.9 Å². The molecule has 28 heavy (non-hydrogen) atoms. The molecule has 0 radical (unpaired) electrons. The van der Waals surface area contributed by atoms with E-state index in [1.807, 2.05) is 0 Å². The predicted molar refractivity (Wildman–Crippen MR) is 104 cm³/mol. The molecule has 1 unspecified atom stereocenters. The number of rotatable bonds is 8. The molecule has 0 amide bonds. The van der Waals surface area contributed by atoms with Crippen molar-refractivity contribution in [3.05, 3.63) is 38.4 Å². The Hall–Kier alpha value is -2.79. The maximum atomic E-state index is 11.5. The molecule has 150 valence electrons. The van der Waals surface area contributed by atoms with Crippen LogP contribution in [-0.4, -0.2) is 45.8 Å². The van der Waals surface area contributed by atoms with Gasteiger partial charge in [-0.3, -0.25) is 15.2 Å². The number of H-pyrrole nitrogens is 1. The molecular weight excluding hydrogens is 386 g/mol. The second-order valence-electron chi connectivity index (χ2n) is 5.94. The summed E-state index contributed by atoms with van der Waals surface area (Å²) in [5, 5.41) is 22.7. The van der Waals surface area contributed by atoms with E-state index in [9.17, 15) is 10.1 Å². The van der Waals surface area contributed by atoms with Crippen LogP contribution in [0, 0.1) is 14.9 Å². The molecule has 1 aliphatic heterocycles. The Kier molecular flexibility index (Phi) is 6.37. The maximum absolute atomic E-state index is 11.5. The van der Waals surface area contributed by atoms with Crippen LogP contribution in [0.15, 0.2) is 17.2 Å². The first-order valence-corrected chi connectivity index (χ1v) is 9.37. The fourth-order valence-corrected chi connectivity index (χ4v) is 3.09. The lowest BCUT2D eigenvalue weighted by Gasteiger charge is -2.12. The van der Waals surface area contributed by atoms with Gasteiger partial charge in [-0.2, -0.15) is 14.9 Å². The number of ether oxygens (including phenoxy) is 3. The second-order valence-corrected chi connectivity index (χ2v) is 6.32. The zero-order chi connectivity index (χ0) is 20.1. The summed E-state index contributed by atoms with van der Waals surface area (Å²) in [7, 11) is 0. The van der Waals surface area contributed by atoms with Crippen LogP contribution in [0.1, 0.15) is 44.2 Å². The van der Waals surface area contributed by atoms with Gasteiger partial charge >= 0.3 is 5.69 Å². The van der Waals surface area contributed by atoms with Crippen LogP contribution >= 0.6 is 12.2 Å². The summed E-state index contributed by atoms with van der Waals surface area (Å²) < 4.78 is 18.4. The largest absolute Gasteiger partial charge is 0.490 e. The molecule has 3 rings (SSSR count). The number of nitrogens with one attached hydrogen (secondary N) is 1. The minimum absolute atomic E-state index is 0.103. The highest BCUT2D eigenvalue weighted by Gasteiger charge is 2.24. The average Bonchev–Trinajstić information content (AvgIpc) is 3.31. The molecule has 1 aliphatic rings. The van der Waals surface area contributed by atoms with Gasteiger partial charge in [-0.1, -0.05) is 0 Å². The van der Waals surface area contributed by atoms with Gasteiger partial charge in [0.25, 0.3) is 0 Å². The Morgan fingerprint density at radius 1 is 1.46 bits per heavy atom. The van der Waals surface area contributed by atoms with Gasteiger partial charge in [0, 0.05) is 18.2 Å². The van der Waals surface area contributed by atoms with Gasteiger partial charge in [-0.05, 0) is 45.0 Å². The van der Waals surface area contributed by atoms with Crippen LogP contribution in [0.4, 0.5) is 5.69 Å². The van der Waals surface area contributed by atoms with Crippen molar-refractivity contribution in [1.29, 1.82) is 0 Å². The summed E-state index contributed by atoms with van der Waals surface area (Å²) >= 11 is 5.24. The monoisotopic (exact) mass is 407 g/mol. The van der Waals surface area contributed by atoms with E-state index in [-0.39, 0.29) is 29.9 Å². The number of nitro groups is 1. The number of hydrogen-bond donors (Lipinski definition) is 1. The highest BCUT2D eigenvalue weighted by Crippen LogP contribution is 2.38. The second kappa shape index (κ2) is 8.93. The SMILES string of the molecule is CCOc1cc(/C=N\n2c(C3CCCO3)n[nH]c2=S)cc([N+](=O)[O-])c1OCC.